The molecule has 0 fully saturated rings. The quantitative estimate of drug-likeness (QED) is 0.319. The Labute approximate surface area is 195 Å². The third-order valence-electron chi connectivity index (χ3n) is 5.05. The Bertz CT molecular complexity index is 1380. The predicted octanol–water partition coefficient (Wildman–Crippen LogP) is 3.74. The lowest BCUT2D eigenvalue weighted by Gasteiger charge is -2.20. The number of phenols is 1. The molecule has 0 saturated heterocycles. The molecule has 0 amide bonds. The highest BCUT2D eigenvalue weighted by Gasteiger charge is 2.24. The van der Waals surface area contributed by atoms with Gasteiger partial charge < -0.3 is 15.7 Å². The van der Waals surface area contributed by atoms with Gasteiger partial charge in [0.2, 0.25) is 21.3 Å². The number of aromatic hydroxyl groups is 1. The Morgan fingerprint density at radius 2 is 1.67 bits per heavy atom. The van der Waals surface area contributed by atoms with Crippen LogP contribution in [0.25, 0.3) is 11.3 Å². The van der Waals surface area contributed by atoms with Crippen molar-refractivity contribution in [2.45, 2.75) is 24.3 Å². The van der Waals surface area contributed by atoms with Crippen molar-refractivity contribution < 1.29 is 13.5 Å². The topological polar surface area (TPSA) is 133 Å². The minimum absolute atomic E-state index is 0.0563. The molecule has 4 aromatic rings. The fraction of sp³-hybridized carbons (Fsp3) is 0.238. The van der Waals surface area contributed by atoms with Crippen LogP contribution < -0.4 is 10.6 Å². The highest BCUT2D eigenvalue weighted by Crippen LogP contribution is 2.36. The number of nitrogens with zero attached hydrogens (tertiary/aromatic N) is 5. The van der Waals surface area contributed by atoms with Crippen molar-refractivity contribution in [1.29, 1.82) is 0 Å². The molecule has 2 aromatic carbocycles. The molecule has 12 heteroatoms. The number of para-hydroxylation sites is 1. The Morgan fingerprint density at radius 1 is 1.00 bits per heavy atom. The van der Waals surface area contributed by atoms with Crippen LogP contribution in [0.3, 0.4) is 0 Å². The van der Waals surface area contributed by atoms with Gasteiger partial charge in [0.1, 0.15) is 4.90 Å². The smallest absolute Gasteiger partial charge is 0.246 e. The first-order valence-corrected chi connectivity index (χ1v) is 12.3. The molecule has 0 saturated carbocycles. The lowest BCUT2D eigenvalue weighted by atomic mass is 10.0. The molecule has 0 spiro atoms. The van der Waals surface area contributed by atoms with Gasteiger partial charge in [0.05, 0.1) is 23.5 Å². The van der Waals surface area contributed by atoms with E-state index in [0.29, 0.717) is 22.9 Å². The van der Waals surface area contributed by atoms with Crippen LogP contribution in [-0.4, -0.2) is 50.6 Å². The van der Waals surface area contributed by atoms with E-state index in [0.717, 1.165) is 28.0 Å². The largest absolute Gasteiger partial charge is 0.504 e. The number of hydrogen-bond donors (Lipinski definition) is 3. The van der Waals surface area contributed by atoms with E-state index in [2.05, 4.69) is 36.3 Å². The summed E-state index contributed by atoms with van der Waals surface area (Å²) in [6, 6.07) is 14.3. The van der Waals surface area contributed by atoms with Gasteiger partial charge in [-0.05, 0) is 24.1 Å². The van der Waals surface area contributed by atoms with Crippen molar-refractivity contribution in [3.05, 3.63) is 54.1 Å². The third kappa shape index (κ3) is 4.58. The molecule has 33 heavy (non-hydrogen) atoms. The zero-order valence-electron chi connectivity index (χ0n) is 18.2. The maximum Gasteiger partial charge on any atom is 0.246 e. The van der Waals surface area contributed by atoms with E-state index in [1.165, 1.54) is 20.2 Å². The van der Waals surface area contributed by atoms with E-state index < -0.39 is 15.8 Å². The SMILES string of the molecule is CC[C@@H](Nc1nc2nsnc2nc1Nc1cccc(S(=O)(=O)N(C)C)c1O)c1ccccc1. The molecule has 1 atom stereocenters. The number of phenolic OH excluding ortho intramolecular Hbond substituents is 1. The van der Waals surface area contributed by atoms with Gasteiger partial charge in [0.15, 0.2) is 17.4 Å². The highest BCUT2D eigenvalue weighted by atomic mass is 32.2. The van der Waals surface area contributed by atoms with Gasteiger partial charge >= 0.3 is 0 Å². The van der Waals surface area contributed by atoms with Gasteiger partial charge in [-0.25, -0.2) is 22.7 Å². The molecular weight excluding hydrogens is 462 g/mol. The summed E-state index contributed by atoms with van der Waals surface area (Å²) in [6.07, 6.45) is 0.778. The second kappa shape index (κ2) is 9.25. The van der Waals surface area contributed by atoms with Crippen LogP contribution in [0.1, 0.15) is 24.9 Å². The molecule has 0 radical (unpaired) electrons. The summed E-state index contributed by atoms with van der Waals surface area (Å²) in [4.78, 5) is 8.86. The monoisotopic (exact) mass is 485 g/mol. The number of sulfonamides is 1. The maximum atomic E-state index is 12.6. The molecule has 172 valence electrons. The number of benzene rings is 2. The van der Waals surface area contributed by atoms with E-state index >= 15 is 0 Å². The molecule has 4 rings (SSSR count). The summed E-state index contributed by atoms with van der Waals surface area (Å²) in [7, 11) is -1.04. The molecule has 3 N–H and O–H groups in total. The van der Waals surface area contributed by atoms with Crippen molar-refractivity contribution in [3.8, 4) is 5.75 Å². The summed E-state index contributed by atoms with van der Waals surface area (Å²) < 4.78 is 34.5. The van der Waals surface area contributed by atoms with Crippen LogP contribution in [-0.2, 0) is 10.0 Å². The second-order valence-electron chi connectivity index (χ2n) is 7.41. The molecular formula is C21H23N7O3S2. The minimum atomic E-state index is -3.85. The summed E-state index contributed by atoms with van der Waals surface area (Å²) >= 11 is 0.995. The average Bonchev–Trinajstić information content (AvgIpc) is 3.26. The number of rotatable bonds is 8. The summed E-state index contributed by atoms with van der Waals surface area (Å²) in [5.74, 6) is 0.288. The van der Waals surface area contributed by atoms with E-state index in [1.807, 2.05) is 30.3 Å². The fourth-order valence-corrected chi connectivity index (χ4v) is 4.69. The average molecular weight is 486 g/mol. The van der Waals surface area contributed by atoms with Crippen molar-refractivity contribution in [2.75, 3.05) is 24.7 Å². The summed E-state index contributed by atoms with van der Waals surface area (Å²) in [6.45, 7) is 2.05. The summed E-state index contributed by atoms with van der Waals surface area (Å²) in [5, 5.41) is 17.2. The predicted molar refractivity (Wildman–Crippen MR) is 128 cm³/mol. The van der Waals surface area contributed by atoms with Gasteiger partial charge in [-0.3, -0.25) is 0 Å². The number of hydrogen-bond acceptors (Lipinski definition) is 10. The van der Waals surface area contributed by atoms with Crippen LogP contribution in [0.4, 0.5) is 17.3 Å². The summed E-state index contributed by atoms with van der Waals surface area (Å²) in [5.41, 5.74) is 1.98. The Balaban J connectivity index is 1.76. The lowest BCUT2D eigenvalue weighted by molar-refractivity contribution is 0.454. The van der Waals surface area contributed by atoms with Gasteiger partial charge in [0.25, 0.3) is 0 Å². The van der Waals surface area contributed by atoms with Gasteiger partial charge in [0, 0.05) is 14.1 Å². The van der Waals surface area contributed by atoms with Crippen LogP contribution in [0.2, 0.25) is 0 Å². The van der Waals surface area contributed by atoms with E-state index in [4.69, 9.17) is 0 Å². The molecule has 0 aliphatic heterocycles. The zero-order valence-corrected chi connectivity index (χ0v) is 19.9. The standard InChI is InChI=1S/C21H23N7O3S2/c1-4-14(13-9-6-5-7-10-13)22-18-19(25-21-20(24-18)26-32-27-21)23-15-11-8-12-16(17(15)29)33(30,31)28(2)3/h5-12,14,29H,4H2,1-3H3,(H,22,24,26)(H,23,25,27)/t14-/m1/s1. The first kappa shape index (κ1) is 22.8. The minimum Gasteiger partial charge on any atom is -0.504 e. The molecule has 0 aliphatic carbocycles. The number of fused-ring (bicyclic) bond motifs is 1. The molecule has 10 nitrogen and oxygen atoms in total. The van der Waals surface area contributed by atoms with Crippen LogP contribution in [0.15, 0.2) is 53.4 Å². The van der Waals surface area contributed by atoms with Crippen LogP contribution >= 0.6 is 11.7 Å². The van der Waals surface area contributed by atoms with Crippen LogP contribution in [0.5, 0.6) is 5.75 Å². The number of aromatic nitrogens is 4. The van der Waals surface area contributed by atoms with Crippen molar-refractivity contribution in [1.82, 2.24) is 23.0 Å². The maximum absolute atomic E-state index is 12.6. The normalized spacial score (nSPS) is 12.7. The van der Waals surface area contributed by atoms with Crippen LogP contribution in [0, 0.1) is 0 Å². The van der Waals surface area contributed by atoms with Crippen molar-refractivity contribution >= 4 is 50.4 Å². The van der Waals surface area contributed by atoms with Crippen molar-refractivity contribution in [3.63, 3.8) is 0 Å². The first-order valence-electron chi connectivity index (χ1n) is 10.1. The number of anilines is 3. The van der Waals surface area contributed by atoms with Gasteiger partial charge in [-0.15, -0.1) is 0 Å². The van der Waals surface area contributed by atoms with E-state index in [9.17, 15) is 13.5 Å². The zero-order chi connectivity index (χ0) is 23.6. The second-order valence-corrected chi connectivity index (χ2v) is 10.1. The molecule has 0 bridgehead atoms. The van der Waals surface area contributed by atoms with E-state index in [1.54, 1.807) is 12.1 Å². The van der Waals surface area contributed by atoms with E-state index in [-0.39, 0.29) is 16.6 Å². The third-order valence-corrected chi connectivity index (χ3v) is 7.40. The Hall–Kier alpha value is -3.35. The fourth-order valence-electron chi connectivity index (χ4n) is 3.25. The molecule has 0 aliphatic rings. The molecule has 2 heterocycles. The molecule has 2 aromatic heterocycles. The first-order chi connectivity index (χ1) is 15.8. The molecule has 0 unspecified atom stereocenters. The highest BCUT2D eigenvalue weighted by molar-refractivity contribution is 7.89. The van der Waals surface area contributed by atoms with Crippen molar-refractivity contribution in [2.24, 2.45) is 0 Å². The number of nitrogens with one attached hydrogen (secondary N) is 2. The lowest BCUT2D eigenvalue weighted by Crippen LogP contribution is -2.22. The van der Waals surface area contributed by atoms with Gasteiger partial charge in [-0.1, -0.05) is 43.3 Å². The Kier molecular flexibility index (Phi) is 6.40. The van der Waals surface area contributed by atoms with Gasteiger partial charge in [-0.2, -0.15) is 8.75 Å². The Morgan fingerprint density at radius 3 is 2.30 bits per heavy atom.